The van der Waals surface area contributed by atoms with Crippen LogP contribution in [-0.2, 0) is 5.75 Å². The Hall–Kier alpha value is -2.40. The van der Waals surface area contributed by atoms with Crippen LogP contribution in [0.1, 0.15) is 21.7 Å². The molecule has 0 atom stereocenters. The molecule has 0 bridgehead atoms. The van der Waals surface area contributed by atoms with Gasteiger partial charge < -0.3 is 4.90 Å². The quantitative estimate of drug-likeness (QED) is 0.534. The highest BCUT2D eigenvalue weighted by Gasteiger charge is 2.09. The summed E-state index contributed by atoms with van der Waals surface area (Å²) in [5.74, 6) is 1.60. The Kier molecular flexibility index (Phi) is 4.81. The van der Waals surface area contributed by atoms with E-state index in [0.717, 1.165) is 33.1 Å². The molecule has 0 saturated carbocycles. The van der Waals surface area contributed by atoms with Crippen molar-refractivity contribution in [3.63, 3.8) is 0 Å². The van der Waals surface area contributed by atoms with Gasteiger partial charge in [0.15, 0.2) is 0 Å². The fourth-order valence-corrected chi connectivity index (χ4v) is 3.44. The number of para-hydroxylation sites is 1. The number of thioether (sulfide) groups is 1. The summed E-state index contributed by atoms with van der Waals surface area (Å²) in [5.41, 5.74) is 2.84. The third kappa shape index (κ3) is 3.57. The van der Waals surface area contributed by atoms with Crippen LogP contribution in [0.5, 0.6) is 0 Å². The van der Waals surface area contributed by atoms with Gasteiger partial charge in [-0.25, -0.2) is 9.97 Å². The molecule has 1 amide bonds. The van der Waals surface area contributed by atoms with Gasteiger partial charge in [0.2, 0.25) is 0 Å². The van der Waals surface area contributed by atoms with Crippen molar-refractivity contribution >= 4 is 28.6 Å². The van der Waals surface area contributed by atoms with Crippen LogP contribution in [0, 0.1) is 6.92 Å². The van der Waals surface area contributed by atoms with Crippen LogP contribution in [0.15, 0.2) is 53.6 Å². The van der Waals surface area contributed by atoms with Crippen molar-refractivity contribution in [3.8, 4) is 0 Å². The molecule has 4 nitrogen and oxygen atoms in total. The average molecular weight is 337 g/mol. The number of carbonyl (C=O) groups excluding carboxylic acids is 1. The summed E-state index contributed by atoms with van der Waals surface area (Å²) < 4.78 is 0. The minimum absolute atomic E-state index is 0.0200. The first kappa shape index (κ1) is 16.5. The Morgan fingerprint density at radius 2 is 1.75 bits per heavy atom. The molecule has 5 heteroatoms. The summed E-state index contributed by atoms with van der Waals surface area (Å²) in [7, 11) is 3.52. The van der Waals surface area contributed by atoms with Crippen molar-refractivity contribution in [1.82, 2.24) is 14.9 Å². The van der Waals surface area contributed by atoms with E-state index in [9.17, 15) is 4.79 Å². The van der Waals surface area contributed by atoms with Gasteiger partial charge in [0.05, 0.1) is 5.52 Å². The van der Waals surface area contributed by atoms with Crippen LogP contribution in [-0.4, -0.2) is 34.9 Å². The van der Waals surface area contributed by atoms with E-state index in [1.807, 2.05) is 49.4 Å². The van der Waals surface area contributed by atoms with Gasteiger partial charge in [0.1, 0.15) is 10.9 Å². The van der Waals surface area contributed by atoms with E-state index < -0.39 is 0 Å². The van der Waals surface area contributed by atoms with E-state index in [1.165, 1.54) is 0 Å². The van der Waals surface area contributed by atoms with Crippen LogP contribution >= 0.6 is 11.8 Å². The topological polar surface area (TPSA) is 46.1 Å². The number of aryl methyl sites for hydroxylation is 1. The number of carbonyl (C=O) groups is 1. The third-order valence-electron chi connectivity index (χ3n) is 3.66. The Morgan fingerprint density at radius 1 is 1.04 bits per heavy atom. The molecule has 3 rings (SSSR count). The van der Waals surface area contributed by atoms with Crippen molar-refractivity contribution in [2.75, 3.05) is 14.1 Å². The second kappa shape index (κ2) is 7.01. The standard InChI is InChI=1S/C19H19N3OS/c1-13-20-17-7-5-4-6-16(17)18(21-13)24-12-14-8-10-15(11-9-14)19(23)22(2)3/h4-11H,12H2,1-3H3. The minimum atomic E-state index is 0.0200. The summed E-state index contributed by atoms with van der Waals surface area (Å²) in [6, 6.07) is 15.8. The Bertz CT molecular complexity index is 875. The van der Waals surface area contributed by atoms with Crippen LogP contribution in [0.4, 0.5) is 0 Å². The molecule has 0 radical (unpaired) electrons. The number of fused-ring (bicyclic) bond motifs is 1. The first-order valence-corrected chi connectivity index (χ1v) is 8.70. The van der Waals surface area contributed by atoms with Gasteiger partial charge in [0.25, 0.3) is 5.91 Å². The van der Waals surface area contributed by atoms with Crippen LogP contribution in [0.25, 0.3) is 10.9 Å². The van der Waals surface area contributed by atoms with Gasteiger partial charge in [-0.05, 0) is 30.7 Å². The summed E-state index contributed by atoms with van der Waals surface area (Å²) in [6.07, 6.45) is 0. The summed E-state index contributed by atoms with van der Waals surface area (Å²) in [4.78, 5) is 22.6. The fraction of sp³-hybridized carbons (Fsp3) is 0.211. The van der Waals surface area contributed by atoms with Crippen LogP contribution < -0.4 is 0 Å². The molecule has 0 fully saturated rings. The largest absolute Gasteiger partial charge is 0.345 e. The predicted molar refractivity (Wildman–Crippen MR) is 98.3 cm³/mol. The first-order chi connectivity index (χ1) is 11.5. The van der Waals surface area contributed by atoms with E-state index in [2.05, 4.69) is 16.0 Å². The lowest BCUT2D eigenvalue weighted by molar-refractivity contribution is 0.0827. The Balaban J connectivity index is 1.78. The molecule has 0 unspecified atom stereocenters. The van der Waals surface area contributed by atoms with Gasteiger partial charge in [0, 0.05) is 30.8 Å². The van der Waals surface area contributed by atoms with Gasteiger partial charge in [-0.2, -0.15) is 0 Å². The number of benzene rings is 2. The van der Waals surface area contributed by atoms with Gasteiger partial charge >= 0.3 is 0 Å². The van der Waals surface area contributed by atoms with E-state index in [0.29, 0.717) is 5.56 Å². The lowest BCUT2D eigenvalue weighted by Gasteiger charge is -2.10. The molecule has 1 aromatic heterocycles. The number of hydrogen-bond acceptors (Lipinski definition) is 4. The highest BCUT2D eigenvalue weighted by molar-refractivity contribution is 7.98. The number of nitrogens with zero attached hydrogens (tertiary/aromatic N) is 3. The molecule has 122 valence electrons. The third-order valence-corrected chi connectivity index (χ3v) is 4.72. The van der Waals surface area contributed by atoms with Crippen LogP contribution in [0.2, 0.25) is 0 Å². The van der Waals surface area contributed by atoms with Crippen molar-refractivity contribution in [3.05, 3.63) is 65.5 Å². The maximum atomic E-state index is 11.9. The van der Waals surface area contributed by atoms with E-state index in [1.54, 1.807) is 30.8 Å². The predicted octanol–water partition coefficient (Wildman–Crippen LogP) is 3.93. The maximum Gasteiger partial charge on any atom is 0.253 e. The van der Waals surface area contributed by atoms with Gasteiger partial charge in [-0.15, -0.1) is 11.8 Å². The first-order valence-electron chi connectivity index (χ1n) is 7.71. The highest BCUT2D eigenvalue weighted by Crippen LogP contribution is 2.28. The number of aromatic nitrogens is 2. The van der Waals surface area contributed by atoms with Gasteiger partial charge in [-0.3, -0.25) is 4.79 Å². The van der Waals surface area contributed by atoms with Gasteiger partial charge in [-0.1, -0.05) is 30.3 Å². The van der Waals surface area contributed by atoms with E-state index >= 15 is 0 Å². The lowest BCUT2D eigenvalue weighted by Crippen LogP contribution is -2.21. The zero-order chi connectivity index (χ0) is 17.1. The molecule has 0 spiro atoms. The smallest absolute Gasteiger partial charge is 0.253 e. The summed E-state index contributed by atoms with van der Waals surface area (Å²) in [5, 5.41) is 2.07. The Morgan fingerprint density at radius 3 is 2.46 bits per heavy atom. The fourth-order valence-electron chi connectivity index (χ4n) is 2.42. The summed E-state index contributed by atoms with van der Waals surface area (Å²) in [6.45, 7) is 1.91. The SMILES string of the molecule is Cc1nc(SCc2ccc(C(=O)N(C)C)cc2)c2ccccc2n1. The van der Waals surface area contributed by atoms with Crippen molar-refractivity contribution in [2.45, 2.75) is 17.7 Å². The Labute approximate surface area is 145 Å². The minimum Gasteiger partial charge on any atom is -0.345 e. The number of hydrogen-bond donors (Lipinski definition) is 0. The highest BCUT2D eigenvalue weighted by atomic mass is 32.2. The molecule has 0 aliphatic rings. The lowest BCUT2D eigenvalue weighted by atomic mass is 10.1. The maximum absolute atomic E-state index is 11.9. The molecule has 0 aliphatic carbocycles. The second-order valence-electron chi connectivity index (χ2n) is 5.78. The molecule has 3 aromatic rings. The molecular formula is C19H19N3OS. The van der Waals surface area contributed by atoms with Crippen molar-refractivity contribution in [2.24, 2.45) is 0 Å². The average Bonchev–Trinajstić information content (AvgIpc) is 2.59. The molecule has 2 aromatic carbocycles. The van der Waals surface area contributed by atoms with E-state index in [4.69, 9.17) is 0 Å². The monoisotopic (exact) mass is 337 g/mol. The normalized spacial score (nSPS) is 10.8. The zero-order valence-corrected chi connectivity index (χ0v) is 14.8. The molecular weight excluding hydrogens is 318 g/mol. The van der Waals surface area contributed by atoms with Crippen LogP contribution in [0.3, 0.4) is 0 Å². The van der Waals surface area contributed by atoms with Crippen molar-refractivity contribution in [1.29, 1.82) is 0 Å². The molecule has 0 aliphatic heterocycles. The molecule has 24 heavy (non-hydrogen) atoms. The molecule has 0 N–H and O–H groups in total. The number of rotatable bonds is 4. The van der Waals surface area contributed by atoms with E-state index in [-0.39, 0.29) is 5.91 Å². The molecule has 1 heterocycles. The second-order valence-corrected chi connectivity index (χ2v) is 6.74. The van der Waals surface area contributed by atoms with Crippen molar-refractivity contribution < 1.29 is 4.79 Å². The summed E-state index contributed by atoms with van der Waals surface area (Å²) >= 11 is 1.69. The zero-order valence-electron chi connectivity index (χ0n) is 14.0. The number of amides is 1. The molecule has 0 saturated heterocycles.